The van der Waals surface area contributed by atoms with Gasteiger partial charge in [-0.05, 0) is 18.9 Å². The van der Waals surface area contributed by atoms with Crippen LogP contribution < -0.4 is 14.2 Å². The maximum absolute atomic E-state index is 10.9. The molecule has 3 rings (SSSR count). The number of carbonyl (C=O) groups is 1. The predicted octanol–water partition coefficient (Wildman–Crippen LogP) is 1.77. The number of carbonyl (C=O) groups excluding carboxylic acids is 1. The van der Waals surface area contributed by atoms with Gasteiger partial charge in [0.2, 0.25) is 6.79 Å². The third-order valence-electron chi connectivity index (χ3n) is 2.45. The monoisotopic (exact) mass is 206 g/mol. The molecular weight excluding hydrogens is 196 g/mol. The average Bonchev–Trinajstić information content (AvgIpc) is 2.94. The van der Waals surface area contributed by atoms with E-state index in [0.29, 0.717) is 22.8 Å². The molecule has 4 heteroatoms. The second-order valence-corrected chi connectivity index (χ2v) is 3.68. The Morgan fingerprint density at radius 2 is 2.00 bits per heavy atom. The lowest BCUT2D eigenvalue weighted by molar-refractivity contribution is 0.111. The minimum absolute atomic E-state index is 0.209. The highest BCUT2D eigenvalue weighted by Gasteiger charge is 2.26. The molecule has 1 fully saturated rings. The summed E-state index contributed by atoms with van der Waals surface area (Å²) in [7, 11) is 0. The van der Waals surface area contributed by atoms with Gasteiger partial charge in [-0.25, -0.2) is 0 Å². The fourth-order valence-electron chi connectivity index (χ4n) is 1.50. The van der Waals surface area contributed by atoms with Crippen LogP contribution in [0.4, 0.5) is 0 Å². The lowest BCUT2D eigenvalue weighted by atomic mass is 10.2. The molecule has 1 aromatic carbocycles. The molecule has 1 heterocycles. The lowest BCUT2D eigenvalue weighted by Crippen LogP contribution is -1.99. The Morgan fingerprint density at radius 3 is 2.67 bits per heavy atom. The number of ether oxygens (including phenoxy) is 3. The van der Waals surface area contributed by atoms with Gasteiger partial charge in [0.05, 0.1) is 11.7 Å². The normalized spacial score (nSPS) is 17.6. The van der Waals surface area contributed by atoms with Gasteiger partial charge in [0, 0.05) is 6.07 Å². The highest BCUT2D eigenvalue weighted by Crippen LogP contribution is 2.39. The Bertz CT molecular complexity index is 409. The Morgan fingerprint density at radius 1 is 1.27 bits per heavy atom. The van der Waals surface area contributed by atoms with Crippen molar-refractivity contribution < 1.29 is 19.0 Å². The van der Waals surface area contributed by atoms with E-state index in [9.17, 15) is 4.79 Å². The maximum Gasteiger partial charge on any atom is 0.231 e. The Balaban J connectivity index is 1.98. The molecule has 78 valence electrons. The maximum atomic E-state index is 10.9. The van der Waals surface area contributed by atoms with Crippen molar-refractivity contribution >= 4 is 6.29 Å². The van der Waals surface area contributed by atoms with Gasteiger partial charge < -0.3 is 14.2 Å². The zero-order valence-electron chi connectivity index (χ0n) is 8.06. The van der Waals surface area contributed by atoms with E-state index in [1.165, 1.54) is 0 Å². The zero-order valence-corrected chi connectivity index (χ0v) is 8.06. The number of aldehydes is 1. The number of hydrogen-bond acceptors (Lipinski definition) is 4. The van der Waals surface area contributed by atoms with E-state index in [0.717, 1.165) is 19.1 Å². The predicted molar refractivity (Wildman–Crippen MR) is 51.6 cm³/mol. The van der Waals surface area contributed by atoms with Gasteiger partial charge in [-0.1, -0.05) is 0 Å². The van der Waals surface area contributed by atoms with Crippen LogP contribution in [-0.2, 0) is 0 Å². The van der Waals surface area contributed by atoms with E-state index in [-0.39, 0.29) is 12.9 Å². The molecule has 0 unspecified atom stereocenters. The third-order valence-corrected chi connectivity index (χ3v) is 2.45. The summed E-state index contributed by atoms with van der Waals surface area (Å²) in [5, 5.41) is 0. The van der Waals surface area contributed by atoms with Gasteiger partial charge in [-0.3, -0.25) is 4.79 Å². The Labute approximate surface area is 86.7 Å². The minimum Gasteiger partial charge on any atom is -0.490 e. The van der Waals surface area contributed by atoms with Crippen LogP contribution >= 0.6 is 0 Å². The molecule has 4 nitrogen and oxygen atoms in total. The van der Waals surface area contributed by atoms with Crippen LogP contribution in [0.1, 0.15) is 23.2 Å². The first kappa shape index (κ1) is 8.59. The average molecular weight is 206 g/mol. The number of hydrogen-bond donors (Lipinski definition) is 0. The van der Waals surface area contributed by atoms with Crippen LogP contribution in [0.25, 0.3) is 0 Å². The van der Waals surface area contributed by atoms with Crippen LogP contribution in [0.5, 0.6) is 17.2 Å². The summed E-state index contributed by atoms with van der Waals surface area (Å²) in [6.07, 6.45) is 3.17. The molecule has 0 N–H and O–H groups in total. The van der Waals surface area contributed by atoms with Crippen LogP contribution in [0.15, 0.2) is 12.1 Å². The van der Waals surface area contributed by atoms with Gasteiger partial charge in [-0.2, -0.15) is 0 Å². The molecule has 1 saturated carbocycles. The van der Waals surface area contributed by atoms with Crippen LogP contribution in [0, 0.1) is 0 Å². The van der Waals surface area contributed by atoms with Gasteiger partial charge >= 0.3 is 0 Å². The summed E-state index contributed by atoms with van der Waals surface area (Å²) in [6.45, 7) is 0.209. The Kier molecular flexibility index (Phi) is 1.80. The summed E-state index contributed by atoms with van der Waals surface area (Å²) < 4.78 is 16.0. The SMILES string of the molecule is O=Cc1cc2c(cc1OC1CC1)OCO2. The molecule has 15 heavy (non-hydrogen) atoms. The fourth-order valence-corrected chi connectivity index (χ4v) is 1.50. The molecule has 1 aromatic rings. The largest absolute Gasteiger partial charge is 0.490 e. The first-order chi connectivity index (χ1) is 7.36. The molecule has 1 aliphatic heterocycles. The van der Waals surface area contributed by atoms with E-state index in [1.54, 1.807) is 12.1 Å². The molecule has 0 saturated heterocycles. The van der Waals surface area contributed by atoms with Crippen molar-refractivity contribution in [3.8, 4) is 17.2 Å². The summed E-state index contributed by atoms with van der Waals surface area (Å²) in [5.74, 6) is 1.85. The van der Waals surface area contributed by atoms with Crippen molar-refractivity contribution in [3.63, 3.8) is 0 Å². The van der Waals surface area contributed by atoms with E-state index >= 15 is 0 Å². The van der Waals surface area contributed by atoms with E-state index in [4.69, 9.17) is 14.2 Å². The zero-order chi connectivity index (χ0) is 10.3. The second kappa shape index (κ2) is 3.15. The van der Waals surface area contributed by atoms with Crippen molar-refractivity contribution in [3.05, 3.63) is 17.7 Å². The van der Waals surface area contributed by atoms with Crippen LogP contribution in [0.3, 0.4) is 0 Å². The van der Waals surface area contributed by atoms with Crippen molar-refractivity contribution in [2.45, 2.75) is 18.9 Å². The molecule has 0 spiro atoms. The fraction of sp³-hybridized carbons (Fsp3) is 0.364. The van der Waals surface area contributed by atoms with Gasteiger partial charge in [0.1, 0.15) is 5.75 Å². The topological polar surface area (TPSA) is 44.8 Å². The molecule has 0 aromatic heterocycles. The first-order valence-electron chi connectivity index (χ1n) is 4.92. The smallest absolute Gasteiger partial charge is 0.231 e. The van der Waals surface area contributed by atoms with Gasteiger partial charge in [0.25, 0.3) is 0 Å². The molecular formula is C11H10O4. The van der Waals surface area contributed by atoms with Crippen molar-refractivity contribution in [2.75, 3.05) is 6.79 Å². The van der Waals surface area contributed by atoms with Crippen LogP contribution in [-0.4, -0.2) is 19.2 Å². The summed E-state index contributed by atoms with van der Waals surface area (Å²) in [4.78, 5) is 10.9. The highest BCUT2D eigenvalue weighted by atomic mass is 16.7. The molecule has 1 aliphatic carbocycles. The second-order valence-electron chi connectivity index (χ2n) is 3.68. The van der Waals surface area contributed by atoms with Crippen molar-refractivity contribution in [1.82, 2.24) is 0 Å². The molecule has 0 radical (unpaired) electrons. The molecule has 0 atom stereocenters. The molecule has 2 aliphatic rings. The molecule has 0 amide bonds. The summed E-state index contributed by atoms with van der Waals surface area (Å²) in [6, 6.07) is 3.39. The first-order valence-corrected chi connectivity index (χ1v) is 4.92. The summed E-state index contributed by atoms with van der Waals surface area (Å²) in [5.41, 5.74) is 0.520. The van der Waals surface area contributed by atoms with E-state index < -0.39 is 0 Å². The Hall–Kier alpha value is -1.71. The highest BCUT2D eigenvalue weighted by molar-refractivity contribution is 5.81. The van der Waals surface area contributed by atoms with Gasteiger partial charge in [-0.15, -0.1) is 0 Å². The standard InChI is InChI=1S/C11H10O4/c12-5-7-3-10-11(14-6-13-10)4-9(7)15-8-1-2-8/h3-5,8H,1-2,6H2. The minimum atomic E-state index is 0.209. The van der Waals surface area contributed by atoms with Crippen molar-refractivity contribution in [1.29, 1.82) is 0 Å². The van der Waals surface area contributed by atoms with E-state index in [2.05, 4.69) is 0 Å². The summed E-state index contributed by atoms with van der Waals surface area (Å²) >= 11 is 0. The third kappa shape index (κ3) is 1.52. The number of fused-ring (bicyclic) bond motifs is 1. The molecule has 0 bridgehead atoms. The van der Waals surface area contributed by atoms with E-state index in [1.807, 2.05) is 0 Å². The number of rotatable bonds is 3. The number of benzene rings is 1. The van der Waals surface area contributed by atoms with Gasteiger partial charge in [0.15, 0.2) is 17.8 Å². The van der Waals surface area contributed by atoms with Crippen molar-refractivity contribution in [2.24, 2.45) is 0 Å². The van der Waals surface area contributed by atoms with Crippen LogP contribution in [0.2, 0.25) is 0 Å². The lowest BCUT2D eigenvalue weighted by Gasteiger charge is -2.07. The quantitative estimate of drug-likeness (QED) is 0.707.